The molecule has 1 fully saturated rings. The number of likely N-dealkylation sites (tertiary alicyclic amines) is 1. The first kappa shape index (κ1) is 15.5. The molecule has 7 nitrogen and oxygen atoms in total. The van der Waals surface area contributed by atoms with Gasteiger partial charge in [-0.15, -0.1) is 0 Å². The van der Waals surface area contributed by atoms with Crippen LogP contribution < -0.4 is 0 Å². The van der Waals surface area contributed by atoms with Crippen LogP contribution in [0.5, 0.6) is 0 Å². The molecule has 1 amide bonds. The highest BCUT2D eigenvalue weighted by atomic mass is 16.4. The number of hydrogen-bond acceptors (Lipinski definition) is 4. The minimum atomic E-state index is -0.781. The van der Waals surface area contributed by atoms with Crippen molar-refractivity contribution in [1.29, 1.82) is 0 Å². The van der Waals surface area contributed by atoms with Crippen molar-refractivity contribution < 1.29 is 14.7 Å². The molecule has 0 spiro atoms. The van der Waals surface area contributed by atoms with Crippen LogP contribution in [0.3, 0.4) is 0 Å². The van der Waals surface area contributed by atoms with Gasteiger partial charge in [-0.3, -0.25) is 9.59 Å². The molecule has 7 heteroatoms. The second-order valence-electron chi connectivity index (χ2n) is 6.04. The molecular formula is C16H20N4O3. The largest absolute Gasteiger partial charge is 0.481 e. The lowest BCUT2D eigenvalue weighted by Crippen LogP contribution is -2.40. The molecule has 3 rings (SSSR count). The highest BCUT2D eigenvalue weighted by Crippen LogP contribution is 2.24. The van der Waals surface area contributed by atoms with Gasteiger partial charge in [-0.05, 0) is 38.2 Å². The van der Waals surface area contributed by atoms with Gasteiger partial charge in [0, 0.05) is 31.9 Å². The van der Waals surface area contributed by atoms with Crippen molar-refractivity contribution in [3.63, 3.8) is 0 Å². The fourth-order valence-electron chi connectivity index (χ4n) is 3.22. The topological polar surface area (TPSA) is 87.8 Å². The van der Waals surface area contributed by atoms with E-state index in [0.717, 1.165) is 12.8 Å². The number of hydrogen-bond donors (Lipinski definition) is 1. The summed E-state index contributed by atoms with van der Waals surface area (Å²) in [4.78, 5) is 29.7. The smallest absolute Gasteiger partial charge is 0.303 e. The van der Waals surface area contributed by atoms with Gasteiger partial charge in [0.1, 0.15) is 5.56 Å². The van der Waals surface area contributed by atoms with E-state index in [1.807, 2.05) is 11.8 Å². The minimum Gasteiger partial charge on any atom is -0.481 e. The Balaban J connectivity index is 1.79. The minimum absolute atomic E-state index is 0.0591. The third-order valence-corrected chi connectivity index (χ3v) is 4.36. The van der Waals surface area contributed by atoms with Crippen LogP contribution in [0.25, 0.3) is 5.65 Å². The maximum absolute atomic E-state index is 12.9. The maximum atomic E-state index is 12.9. The van der Waals surface area contributed by atoms with E-state index in [-0.39, 0.29) is 18.2 Å². The Hall–Kier alpha value is -2.44. The Kier molecular flexibility index (Phi) is 4.27. The molecule has 1 unspecified atom stereocenters. The van der Waals surface area contributed by atoms with Crippen molar-refractivity contribution in [1.82, 2.24) is 19.5 Å². The molecular weight excluding hydrogens is 296 g/mol. The Morgan fingerprint density at radius 3 is 3.04 bits per heavy atom. The van der Waals surface area contributed by atoms with Crippen LogP contribution in [0, 0.1) is 12.8 Å². The molecule has 1 N–H and O–H groups in total. The standard InChI is InChI=1S/C16H20N4O3/c1-11-14(15-17-7-3-9-20(15)18-11)16(23)19-8-2-4-12(10-19)5-6-13(21)22/h3,7,9,12H,2,4-6,8,10H2,1H3,(H,21,22). The molecule has 1 atom stereocenters. The lowest BCUT2D eigenvalue weighted by Gasteiger charge is -2.32. The highest BCUT2D eigenvalue weighted by molar-refractivity contribution is 6.01. The molecule has 1 saturated heterocycles. The van der Waals surface area contributed by atoms with Crippen molar-refractivity contribution in [3.05, 3.63) is 29.7 Å². The average molecular weight is 316 g/mol. The zero-order chi connectivity index (χ0) is 16.4. The lowest BCUT2D eigenvalue weighted by molar-refractivity contribution is -0.137. The molecule has 3 heterocycles. The van der Waals surface area contributed by atoms with Gasteiger partial charge in [0.2, 0.25) is 0 Å². The van der Waals surface area contributed by atoms with E-state index < -0.39 is 5.97 Å². The Bertz CT molecular complexity index is 740. The fourth-order valence-corrected chi connectivity index (χ4v) is 3.22. The number of carboxylic acids is 1. The molecule has 0 aromatic carbocycles. The summed E-state index contributed by atoms with van der Waals surface area (Å²) >= 11 is 0. The van der Waals surface area contributed by atoms with Gasteiger partial charge in [-0.2, -0.15) is 5.10 Å². The molecule has 0 radical (unpaired) electrons. The van der Waals surface area contributed by atoms with Gasteiger partial charge < -0.3 is 10.0 Å². The quantitative estimate of drug-likeness (QED) is 0.928. The number of fused-ring (bicyclic) bond motifs is 1. The first-order chi connectivity index (χ1) is 11.1. The fraction of sp³-hybridized carbons (Fsp3) is 0.500. The Labute approximate surface area is 133 Å². The predicted molar refractivity (Wildman–Crippen MR) is 83.2 cm³/mol. The van der Waals surface area contributed by atoms with Gasteiger partial charge >= 0.3 is 5.97 Å². The van der Waals surface area contributed by atoms with E-state index >= 15 is 0 Å². The van der Waals surface area contributed by atoms with Crippen LogP contribution in [0.1, 0.15) is 41.7 Å². The van der Waals surface area contributed by atoms with E-state index in [4.69, 9.17) is 5.11 Å². The molecule has 122 valence electrons. The maximum Gasteiger partial charge on any atom is 0.303 e. The first-order valence-corrected chi connectivity index (χ1v) is 7.87. The van der Waals surface area contributed by atoms with Gasteiger partial charge in [0.05, 0.1) is 5.69 Å². The summed E-state index contributed by atoms with van der Waals surface area (Å²) in [5, 5.41) is 13.2. The number of nitrogens with zero attached hydrogens (tertiary/aromatic N) is 4. The van der Waals surface area contributed by atoms with E-state index in [2.05, 4.69) is 10.1 Å². The number of carbonyl (C=O) groups excluding carboxylic acids is 1. The van der Waals surface area contributed by atoms with Crippen molar-refractivity contribution in [2.24, 2.45) is 5.92 Å². The number of rotatable bonds is 4. The number of piperidine rings is 1. The van der Waals surface area contributed by atoms with Crippen molar-refractivity contribution in [3.8, 4) is 0 Å². The van der Waals surface area contributed by atoms with Crippen molar-refractivity contribution in [2.45, 2.75) is 32.6 Å². The molecule has 2 aromatic rings. The predicted octanol–water partition coefficient (Wildman–Crippen LogP) is 1.75. The number of aryl methyl sites for hydroxylation is 1. The first-order valence-electron chi connectivity index (χ1n) is 7.87. The van der Waals surface area contributed by atoms with Crippen LogP contribution in [0.2, 0.25) is 0 Å². The summed E-state index contributed by atoms with van der Waals surface area (Å²) in [6.07, 6.45) is 6.08. The second-order valence-corrected chi connectivity index (χ2v) is 6.04. The number of carbonyl (C=O) groups is 2. The third-order valence-electron chi connectivity index (χ3n) is 4.36. The Morgan fingerprint density at radius 1 is 1.43 bits per heavy atom. The zero-order valence-corrected chi connectivity index (χ0v) is 13.1. The molecule has 2 aromatic heterocycles. The molecule has 1 aliphatic heterocycles. The Morgan fingerprint density at radius 2 is 2.26 bits per heavy atom. The van der Waals surface area contributed by atoms with Crippen LogP contribution in [0.15, 0.2) is 18.5 Å². The monoisotopic (exact) mass is 316 g/mol. The SMILES string of the molecule is Cc1nn2cccnc2c1C(=O)N1CCCC(CCC(=O)O)C1. The average Bonchev–Trinajstić information content (AvgIpc) is 2.88. The van der Waals surface area contributed by atoms with Crippen molar-refractivity contribution in [2.75, 3.05) is 13.1 Å². The van der Waals surface area contributed by atoms with Gasteiger partial charge in [-0.1, -0.05) is 0 Å². The summed E-state index contributed by atoms with van der Waals surface area (Å²) in [6, 6.07) is 1.77. The number of carboxylic acid groups (broad SMARTS) is 1. The van der Waals surface area contributed by atoms with Crippen LogP contribution in [-0.4, -0.2) is 49.6 Å². The van der Waals surface area contributed by atoms with E-state index in [1.165, 1.54) is 0 Å². The molecule has 0 aliphatic carbocycles. The molecule has 0 saturated carbocycles. The number of aromatic nitrogens is 3. The number of amides is 1. The van der Waals surface area contributed by atoms with Gasteiger partial charge in [-0.25, -0.2) is 9.50 Å². The summed E-state index contributed by atoms with van der Waals surface area (Å²) in [5.41, 5.74) is 1.79. The van der Waals surface area contributed by atoms with E-state index in [9.17, 15) is 9.59 Å². The van der Waals surface area contributed by atoms with E-state index in [1.54, 1.807) is 23.0 Å². The lowest BCUT2D eigenvalue weighted by atomic mass is 9.93. The molecule has 1 aliphatic rings. The van der Waals surface area contributed by atoms with Crippen LogP contribution in [0.4, 0.5) is 0 Å². The third kappa shape index (κ3) is 3.18. The normalized spacial score (nSPS) is 18.3. The van der Waals surface area contributed by atoms with Gasteiger partial charge in [0.25, 0.3) is 5.91 Å². The van der Waals surface area contributed by atoms with Crippen LogP contribution >= 0.6 is 0 Å². The van der Waals surface area contributed by atoms with Crippen molar-refractivity contribution >= 4 is 17.5 Å². The summed E-state index contributed by atoms with van der Waals surface area (Å²) in [5.74, 6) is -0.591. The van der Waals surface area contributed by atoms with Crippen LogP contribution in [-0.2, 0) is 4.79 Å². The van der Waals surface area contributed by atoms with Gasteiger partial charge in [0.15, 0.2) is 5.65 Å². The molecule has 0 bridgehead atoms. The zero-order valence-electron chi connectivity index (χ0n) is 13.1. The second kappa shape index (κ2) is 6.36. The van der Waals surface area contributed by atoms with E-state index in [0.29, 0.717) is 36.4 Å². The molecule has 23 heavy (non-hydrogen) atoms. The summed E-state index contributed by atoms with van der Waals surface area (Å²) < 4.78 is 1.62. The number of aliphatic carboxylic acids is 1. The highest BCUT2D eigenvalue weighted by Gasteiger charge is 2.28. The summed E-state index contributed by atoms with van der Waals surface area (Å²) in [6.45, 7) is 3.12. The summed E-state index contributed by atoms with van der Waals surface area (Å²) in [7, 11) is 0.